The monoisotopic (exact) mass is 228 g/mol. The predicted octanol–water partition coefficient (Wildman–Crippen LogP) is 0.520. The number of hydrogen-bond acceptors (Lipinski definition) is 3. The summed E-state index contributed by atoms with van der Waals surface area (Å²) in [4.78, 5) is 22.3. The van der Waals surface area contributed by atoms with Gasteiger partial charge in [-0.3, -0.25) is 14.9 Å². The number of carbonyl (C=O) groups excluding carboxylic acids is 1. The third kappa shape index (κ3) is 5.50. The molecule has 92 valence electrons. The van der Waals surface area contributed by atoms with Crippen LogP contribution in [0.3, 0.4) is 0 Å². The fraction of sp³-hybridized carbons (Fsp3) is 0.636. The standard InChI is InChI=1S/C11H20N2O3/c1-4-6-9(11(15)16)13-8(3)10(14)12-7-5-2/h5,8-9,13H,2,4,6-7H2,1,3H3,(H,12,14)(H,15,16). The van der Waals surface area contributed by atoms with E-state index in [4.69, 9.17) is 5.11 Å². The summed E-state index contributed by atoms with van der Waals surface area (Å²) in [7, 11) is 0. The Hall–Kier alpha value is -1.36. The summed E-state index contributed by atoms with van der Waals surface area (Å²) < 4.78 is 0. The van der Waals surface area contributed by atoms with Gasteiger partial charge in [0.15, 0.2) is 0 Å². The van der Waals surface area contributed by atoms with Crippen molar-refractivity contribution in [3.8, 4) is 0 Å². The molecule has 0 saturated carbocycles. The molecule has 0 radical (unpaired) electrons. The molecular formula is C11H20N2O3. The van der Waals surface area contributed by atoms with Gasteiger partial charge in [0.2, 0.25) is 5.91 Å². The van der Waals surface area contributed by atoms with Gasteiger partial charge < -0.3 is 10.4 Å². The van der Waals surface area contributed by atoms with Gasteiger partial charge in [-0.2, -0.15) is 0 Å². The Labute approximate surface area is 95.9 Å². The van der Waals surface area contributed by atoms with Crippen molar-refractivity contribution < 1.29 is 14.7 Å². The Kier molecular flexibility index (Phi) is 7.20. The van der Waals surface area contributed by atoms with Crippen molar-refractivity contribution in [2.24, 2.45) is 0 Å². The van der Waals surface area contributed by atoms with Gasteiger partial charge in [0.25, 0.3) is 0 Å². The minimum Gasteiger partial charge on any atom is -0.480 e. The van der Waals surface area contributed by atoms with Crippen molar-refractivity contribution in [3.63, 3.8) is 0 Å². The molecule has 0 aliphatic carbocycles. The van der Waals surface area contributed by atoms with E-state index in [9.17, 15) is 9.59 Å². The molecule has 0 saturated heterocycles. The molecule has 5 heteroatoms. The first-order chi connectivity index (χ1) is 7.52. The first-order valence-electron chi connectivity index (χ1n) is 5.40. The Morgan fingerprint density at radius 3 is 2.56 bits per heavy atom. The minimum absolute atomic E-state index is 0.220. The number of aliphatic carboxylic acids is 1. The lowest BCUT2D eigenvalue weighted by Gasteiger charge is -2.18. The van der Waals surface area contributed by atoms with E-state index in [1.54, 1.807) is 13.0 Å². The van der Waals surface area contributed by atoms with Crippen LogP contribution in [0.15, 0.2) is 12.7 Å². The van der Waals surface area contributed by atoms with Gasteiger partial charge >= 0.3 is 5.97 Å². The van der Waals surface area contributed by atoms with Gasteiger partial charge in [0.1, 0.15) is 6.04 Å². The van der Waals surface area contributed by atoms with Crippen LogP contribution in [0, 0.1) is 0 Å². The summed E-state index contributed by atoms with van der Waals surface area (Å²) in [6.07, 6.45) is 2.84. The zero-order valence-corrected chi connectivity index (χ0v) is 9.82. The van der Waals surface area contributed by atoms with Crippen molar-refractivity contribution in [1.82, 2.24) is 10.6 Å². The number of carboxylic acid groups (broad SMARTS) is 1. The lowest BCUT2D eigenvalue weighted by atomic mass is 10.1. The summed E-state index contributed by atoms with van der Waals surface area (Å²) >= 11 is 0. The second-order valence-corrected chi connectivity index (χ2v) is 3.60. The first-order valence-corrected chi connectivity index (χ1v) is 5.40. The van der Waals surface area contributed by atoms with Crippen LogP contribution in [0.1, 0.15) is 26.7 Å². The van der Waals surface area contributed by atoms with Crippen LogP contribution in [-0.4, -0.2) is 35.6 Å². The Balaban J connectivity index is 4.16. The van der Waals surface area contributed by atoms with Crippen LogP contribution in [0.25, 0.3) is 0 Å². The maximum Gasteiger partial charge on any atom is 0.320 e. The van der Waals surface area contributed by atoms with Gasteiger partial charge in [0, 0.05) is 6.54 Å². The molecule has 0 heterocycles. The molecule has 0 rings (SSSR count). The van der Waals surface area contributed by atoms with Gasteiger partial charge in [-0.25, -0.2) is 0 Å². The number of hydrogen-bond donors (Lipinski definition) is 3. The molecule has 2 unspecified atom stereocenters. The summed E-state index contributed by atoms with van der Waals surface area (Å²) in [5, 5.41) is 14.3. The van der Waals surface area contributed by atoms with E-state index in [0.29, 0.717) is 13.0 Å². The summed E-state index contributed by atoms with van der Waals surface area (Å²) in [5.74, 6) is -1.15. The number of rotatable bonds is 8. The molecule has 0 aliphatic heterocycles. The first kappa shape index (κ1) is 14.6. The van der Waals surface area contributed by atoms with Gasteiger partial charge in [-0.1, -0.05) is 19.4 Å². The number of carboxylic acids is 1. The second kappa shape index (κ2) is 7.87. The third-order valence-corrected chi connectivity index (χ3v) is 2.14. The molecular weight excluding hydrogens is 208 g/mol. The van der Waals surface area contributed by atoms with Crippen LogP contribution >= 0.6 is 0 Å². The Morgan fingerprint density at radius 1 is 1.50 bits per heavy atom. The maximum atomic E-state index is 11.4. The minimum atomic E-state index is -0.926. The SMILES string of the molecule is C=CCNC(=O)C(C)NC(CCC)C(=O)O. The van der Waals surface area contributed by atoms with Crippen LogP contribution in [0.4, 0.5) is 0 Å². The largest absolute Gasteiger partial charge is 0.480 e. The van der Waals surface area contributed by atoms with E-state index in [-0.39, 0.29) is 5.91 Å². The van der Waals surface area contributed by atoms with Crippen LogP contribution < -0.4 is 10.6 Å². The normalized spacial score (nSPS) is 13.9. The number of amides is 1. The van der Waals surface area contributed by atoms with E-state index < -0.39 is 18.1 Å². The molecule has 0 spiro atoms. The molecule has 5 nitrogen and oxygen atoms in total. The zero-order valence-electron chi connectivity index (χ0n) is 9.82. The van der Waals surface area contributed by atoms with E-state index in [0.717, 1.165) is 6.42 Å². The highest BCUT2D eigenvalue weighted by Crippen LogP contribution is 1.98. The molecule has 0 aromatic carbocycles. The van der Waals surface area contributed by atoms with Crippen LogP contribution in [0.5, 0.6) is 0 Å². The van der Waals surface area contributed by atoms with Crippen molar-refractivity contribution >= 4 is 11.9 Å². The highest BCUT2D eigenvalue weighted by molar-refractivity contribution is 5.82. The van der Waals surface area contributed by atoms with Crippen molar-refractivity contribution in [3.05, 3.63) is 12.7 Å². The Bertz CT molecular complexity index is 254. The molecule has 3 N–H and O–H groups in total. The molecule has 0 aromatic heterocycles. The van der Waals surface area contributed by atoms with Gasteiger partial charge in [-0.15, -0.1) is 6.58 Å². The fourth-order valence-corrected chi connectivity index (χ4v) is 1.27. The summed E-state index contributed by atoms with van der Waals surface area (Å²) in [6.45, 7) is 7.41. The molecule has 2 atom stereocenters. The fourth-order valence-electron chi connectivity index (χ4n) is 1.27. The van der Waals surface area contributed by atoms with E-state index in [1.807, 2.05) is 6.92 Å². The molecule has 0 bridgehead atoms. The molecule has 16 heavy (non-hydrogen) atoms. The zero-order chi connectivity index (χ0) is 12.6. The van der Waals surface area contributed by atoms with Gasteiger partial charge in [-0.05, 0) is 13.3 Å². The quantitative estimate of drug-likeness (QED) is 0.529. The van der Waals surface area contributed by atoms with E-state index >= 15 is 0 Å². The van der Waals surface area contributed by atoms with Gasteiger partial charge in [0.05, 0.1) is 6.04 Å². The van der Waals surface area contributed by atoms with Crippen molar-refractivity contribution in [2.45, 2.75) is 38.8 Å². The number of nitrogens with one attached hydrogen (secondary N) is 2. The molecule has 0 fully saturated rings. The maximum absolute atomic E-state index is 11.4. The third-order valence-electron chi connectivity index (χ3n) is 2.14. The predicted molar refractivity (Wildman–Crippen MR) is 62.1 cm³/mol. The smallest absolute Gasteiger partial charge is 0.320 e. The average Bonchev–Trinajstić information content (AvgIpc) is 2.24. The molecule has 0 aliphatic rings. The van der Waals surface area contributed by atoms with Crippen LogP contribution in [-0.2, 0) is 9.59 Å². The lowest BCUT2D eigenvalue weighted by molar-refractivity contribution is -0.140. The number of carbonyl (C=O) groups is 2. The van der Waals surface area contributed by atoms with Crippen molar-refractivity contribution in [1.29, 1.82) is 0 Å². The van der Waals surface area contributed by atoms with E-state index in [1.165, 1.54) is 0 Å². The highest BCUT2D eigenvalue weighted by Gasteiger charge is 2.21. The summed E-state index contributed by atoms with van der Waals surface area (Å²) in [5.41, 5.74) is 0. The summed E-state index contributed by atoms with van der Waals surface area (Å²) in [6, 6.07) is -1.19. The highest BCUT2D eigenvalue weighted by atomic mass is 16.4. The van der Waals surface area contributed by atoms with E-state index in [2.05, 4.69) is 17.2 Å². The van der Waals surface area contributed by atoms with Crippen LogP contribution in [0.2, 0.25) is 0 Å². The molecule has 1 amide bonds. The molecule has 0 aromatic rings. The second-order valence-electron chi connectivity index (χ2n) is 3.60. The average molecular weight is 228 g/mol. The Morgan fingerprint density at radius 2 is 2.12 bits per heavy atom. The van der Waals surface area contributed by atoms with Crippen molar-refractivity contribution in [2.75, 3.05) is 6.54 Å². The lowest BCUT2D eigenvalue weighted by Crippen LogP contribution is -2.49. The topological polar surface area (TPSA) is 78.4 Å².